The van der Waals surface area contributed by atoms with E-state index in [2.05, 4.69) is 30.6 Å². The summed E-state index contributed by atoms with van der Waals surface area (Å²) in [4.78, 5) is 4.12. The Morgan fingerprint density at radius 2 is 1.96 bits per heavy atom. The van der Waals surface area contributed by atoms with E-state index in [0.717, 1.165) is 11.6 Å². The number of aromatic nitrogens is 3. The summed E-state index contributed by atoms with van der Waals surface area (Å²) in [6, 6.07) is 5.00. The van der Waals surface area contributed by atoms with E-state index < -0.39 is 6.61 Å². The van der Waals surface area contributed by atoms with Crippen molar-refractivity contribution in [3.8, 4) is 11.5 Å². The van der Waals surface area contributed by atoms with Crippen molar-refractivity contribution in [2.45, 2.75) is 33.5 Å². The number of rotatable bonds is 8. The Hall–Kier alpha value is -2.18. The Bertz CT molecular complexity index is 785. The van der Waals surface area contributed by atoms with E-state index in [4.69, 9.17) is 4.74 Å². The van der Waals surface area contributed by atoms with Crippen LogP contribution < -0.4 is 20.1 Å². The lowest BCUT2D eigenvalue weighted by Gasteiger charge is -2.17. The molecule has 0 unspecified atom stereocenters. The average Bonchev–Trinajstić information content (AvgIpc) is 2.96. The Morgan fingerprint density at radius 3 is 2.54 bits per heavy atom. The van der Waals surface area contributed by atoms with Gasteiger partial charge in [0.05, 0.1) is 13.2 Å². The number of halogens is 3. The Labute approximate surface area is 179 Å². The highest BCUT2D eigenvalue weighted by atomic mass is 127. The Kier molecular flexibility index (Phi) is 9.90. The minimum Gasteiger partial charge on any atom is -0.490 e. The van der Waals surface area contributed by atoms with Crippen molar-refractivity contribution in [1.29, 1.82) is 0 Å². The number of nitrogens with one attached hydrogen (secondary N) is 2. The van der Waals surface area contributed by atoms with Crippen LogP contribution in [0.3, 0.4) is 0 Å². The van der Waals surface area contributed by atoms with Gasteiger partial charge in [-0.1, -0.05) is 12.1 Å². The lowest BCUT2D eigenvalue weighted by molar-refractivity contribution is -0.0520. The number of nitrogens with zero attached hydrogens (tertiary/aromatic N) is 4. The van der Waals surface area contributed by atoms with E-state index in [1.54, 1.807) is 32.2 Å². The molecule has 0 fully saturated rings. The van der Waals surface area contributed by atoms with Crippen molar-refractivity contribution in [3.63, 3.8) is 0 Å². The molecule has 0 amide bonds. The smallest absolute Gasteiger partial charge is 0.387 e. The number of guanidine groups is 1. The molecule has 2 N–H and O–H groups in total. The van der Waals surface area contributed by atoms with Gasteiger partial charge in [0.25, 0.3) is 0 Å². The Balaban J connectivity index is 0.00000392. The van der Waals surface area contributed by atoms with Crippen molar-refractivity contribution in [2.75, 3.05) is 13.7 Å². The number of aliphatic imine (C=N–C) groups is 1. The number of hydrogen-bond acceptors (Lipinski definition) is 5. The molecule has 0 aliphatic rings. The van der Waals surface area contributed by atoms with E-state index in [-0.39, 0.29) is 42.0 Å². The van der Waals surface area contributed by atoms with E-state index in [9.17, 15) is 8.78 Å². The topological polar surface area (TPSA) is 85.6 Å². The van der Waals surface area contributed by atoms with Crippen LogP contribution in [-0.4, -0.2) is 41.0 Å². The van der Waals surface area contributed by atoms with Gasteiger partial charge in [0.1, 0.15) is 5.82 Å². The summed E-state index contributed by atoms with van der Waals surface area (Å²) in [5, 5.41) is 14.2. The number of alkyl halides is 2. The van der Waals surface area contributed by atoms with Gasteiger partial charge >= 0.3 is 6.61 Å². The molecule has 28 heavy (non-hydrogen) atoms. The first-order chi connectivity index (χ1) is 13.0. The summed E-state index contributed by atoms with van der Waals surface area (Å²) in [6.07, 6.45) is 0. The molecule has 0 radical (unpaired) electrons. The molecule has 0 spiro atoms. The second kappa shape index (κ2) is 11.6. The van der Waals surface area contributed by atoms with Crippen molar-refractivity contribution in [2.24, 2.45) is 12.0 Å². The molecule has 0 aliphatic heterocycles. The summed E-state index contributed by atoms with van der Waals surface area (Å²) in [7, 11) is 3.49. The minimum atomic E-state index is -2.94. The van der Waals surface area contributed by atoms with Crippen LogP contribution in [-0.2, 0) is 20.1 Å². The third-order valence-corrected chi connectivity index (χ3v) is 3.83. The van der Waals surface area contributed by atoms with Crippen LogP contribution in [0, 0.1) is 6.92 Å². The van der Waals surface area contributed by atoms with Crippen LogP contribution in [0.2, 0.25) is 0 Å². The van der Waals surface area contributed by atoms with Crippen LogP contribution in [0.25, 0.3) is 0 Å². The number of benzene rings is 1. The standard InChI is InChI=1S/C17H24F2N6O2.HI/c1-5-26-13-8-6-7-12(15(13)27-16(18)19)9-21-17(20-3)22-10-14-24-23-11(2)25(14)4;/h6-8,16H,5,9-10H2,1-4H3,(H2,20,21,22);1H. The van der Waals surface area contributed by atoms with E-state index in [1.165, 1.54) is 0 Å². The molecule has 0 bridgehead atoms. The molecule has 1 heterocycles. The minimum absolute atomic E-state index is 0. The summed E-state index contributed by atoms with van der Waals surface area (Å²) < 4.78 is 37.5. The fraction of sp³-hybridized carbons (Fsp3) is 0.471. The van der Waals surface area contributed by atoms with Gasteiger partial charge in [-0.2, -0.15) is 8.78 Å². The van der Waals surface area contributed by atoms with Gasteiger partial charge in [-0.05, 0) is 19.9 Å². The van der Waals surface area contributed by atoms with Gasteiger partial charge in [0, 0.05) is 26.2 Å². The van der Waals surface area contributed by atoms with Gasteiger partial charge < -0.3 is 24.7 Å². The molecule has 0 aliphatic carbocycles. The number of aryl methyl sites for hydroxylation is 1. The summed E-state index contributed by atoms with van der Waals surface area (Å²) in [6.45, 7) is 1.67. The van der Waals surface area contributed by atoms with E-state index >= 15 is 0 Å². The van der Waals surface area contributed by atoms with Gasteiger partial charge in [-0.25, -0.2) is 0 Å². The maximum absolute atomic E-state index is 12.8. The zero-order valence-electron chi connectivity index (χ0n) is 16.2. The molecular formula is C17H25F2IN6O2. The predicted octanol–water partition coefficient (Wildman–Crippen LogP) is 2.61. The number of ether oxygens (including phenoxy) is 2. The molecular weight excluding hydrogens is 485 g/mol. The molecule has 0 saturated carbocycles. The Morgan fingerprint density at radius 1 is 1.25 bits per heavy atom. The maximum atomic E-state index is 12.8. The first-order valence-corrected chi connectivity index (χ1v) is 8.45. The second-order valence-electron chi connectivity index (χ2n) is 5.56. The predicted molar refractivity (Wildman–Crippen MR) is 112 cm³/mol. The highest BCUT2D eigenvalue weighted by Crippen LogP contribution is 2.32. The molecule has 0 saturated heterocycles. The summed E-state index contributed by atoms with van der Waals surface area (Å²) >= 11 is 0. The van der Waals surface area contributed by atoms with Gasteiger partial charge in [-0.3, -0.25) is 4.99 Å². The van der Waals surface area contributed by atoms with Crippen molar-refractivity contribution >= 4 is 29.9 Å². The molecule has 1 aromatic heterocycles. The quantitative estimate of drug-likeness (QED) is 0.323. The van der Waals surface area contributed by atoms with Crippen molar-refractivity contribution < 1.29 is 18.3 Å². The van der Waals surface area contributed by atoms with Crippen molar-refractivity contribution in [1.82, 2.24) is 25.4 Å². The summed E-state index contributed by atoms with van der Waals surface area (Å²) in [5.41, 5.74) is 0.527. The normalized spacial score (nSPS) is 11.2. The lowest BCUT2D eigenvalue weighted by atomic mass is 10.2. The monoisotopic (exact) mass is 510 g/mol. The highest BCUT2D eigenvalue weighted by Gasteiger charge is 2.16. The van der Waals surface area contributed by atoms with Crippen LogP contribution >= 0.6 is 24.0 Å². The summed E-state index contributed by atoms with van der Waals surface area (Å²) in [5.74, 6) is 2.32. The van der Waals surface area contributed by atoms with Gasteiger partial charge in [0.15, 0.2) is 23.3 Å². The lowest BCUT2D eigenvalue weighted by Crippen LogP contribution is -2.37. The SMILES string of the molecule is CCOc1cccc(CNC(=NC)NCc2nnc(C)n2C)c1OC(F)F.I. The molecule has 0 atom stereocenters. The number of para-hydroxylation sites is 1. The van der Waals surface area contributed by atoms with Gasteiger partial charge in [-0.15, -0.1) is 34.2 Å². The molecule has 11 heteroatoms. The van der Waals surface area contributed by atoms with Gasteiger partial charge in [0.2, 0.25) is 0 Å². The fourth-order valence-corrected chi connectivity index (χ4v) is 2.36. The van der Waals surface area contributed by atoms with Crippen LogP contribution in [0.15, 0.2) is 23.2 Å². The van der Waals surface area contributed by atoms with Crippen molar-refractivity contribution in [3.05, 3.63) is 35.4 Å². The molecule has 1 aromatic carbocycles. The number of hydrogen-bond donors (Lipinski definition) is 2. The first kappa shape index (κ1) is 23.9. The fourth-order valence-electron chi connectivity index (χ4n) is 2.36. The third kappa shape index (κ3) is 6.46. The molecule has 2 aromatic rings. The molecule has 8 nitrogen and oxygen atoms in total. The highest BCUT2D eigenvalue weighted by molar-refractivity contribution is 14.0. The van der Waals surface area contributed by atoms with E-state index in [0.29, 0.717) is 24.7 Å². The average molecular weight is 510 g/mol. The molecule has 2 rings (SSSR count). The van der Waals surface area contributed by atoms with Crippen LogP contribution in [0.5, 0.6) is 11.5 Å². The first-order valence-electron chi connectivity index (χ1n) is 8.45. The van der Waals surface area contributed by atoms with Crippen LogP contribution in [0.4, 0.5) is 8.78 Å². The maximum Gasteiger partial charge on any atom is 0.387 e. The third-order valence-electron chi connectivity index (χ3n) is 3.83. The van der Waals surface area contributed by atoms with Crippen LogP contribution in [0.1, 0.15) is 24.1 Å². The largest absolute Gasteiger partial charge is 0.490 e. The zero-order valence-corrected chi connectivity index (χ0v) is 18.5. The second-order valence-corrected chi connectivity index (χ2v) is 5.56. The zero-order chi connectivity index (χ0) is 19.8. The van der Waals surface area contributed by atoms with E-state index in [1.807, 2.05) is 18.5 Å². The molecule has 156 valence electrons.